The van der Waals surface area contributed by atoms with Crippen LogP contribution in [0.1, 0.15) is 5.56 Å². The number of imidazole rings is 1. The van der Waals surface area contributed by atoms with Crippen LogP contribution < -0.4 is 4.74 Å². The van der Waals surface area contributed by atoms with Crippen LogP contribution in [0.2, 0.25) is 5.02 Å². The Morgan fingerprint density at radius 2 is 1.55 bits per heavy atom. The first-order valence-corrected chi connectivity index (χ1v) is 14.9. The normalized spacial score (nSPS) is 30.6. The van der Waals surface area contributed by atoms with Crippen LogP contribution in [-0.2, 0) is 16.0 Å². The number of aromatic amines is 1. The quantitative estimate of drug-likeness (QED) is 0.174. The number of aliphatic hydroxyl groups is 5. The molecule has 0 aliphatic carbocycles. The van der Waals surface area contributed by atoms with E-state index in [1.54, 1.807) is 11.0 Å². The van der Waals surface area contributed by atoms with E-state index < -0.39 is 42.7 Å². The molecule has 5 heterocycles. The third-order valence-corrected chi connectivity index (χ3v) is 8.99. The SMILES string of the molecule is OC[C@@H]1[C@@H](O)[C@H](O)[C@@H](O)CN1Cc1ccc(-c2ccc(-c3nc4nc(O[C@@H]5CO[C@H]6[C@@H]5OC[C@H]6O)[nH]c4cc3Cl)cc2)cc1. The fourth-order valence-corrected chi connectivity index (χ4v) is 6.52. The minimum absolute atomic E-state index is 0.151. The summed E-state index contributed by atoms with van der Waals surface area (Å²) in [6, 6.07) is 17.1. The second kappa shape index (κ2) is 12.0. The standard InChI is InChI=1S/C31H33ClN4O8/c32-19-9-20-30(35-31(33-20)44-24-14-43-28-23(39)13-42-29(24)28)34-25(19)18-7-5-17(6-8-18)16-3-1-15(2-4-16)10-36-11-22(38)27(41)26(40)21(36)12-37/h1-9,21-24,26-29,37-41H,10-14H2,(H,33,34,35)/t21-,22+,23-,24-,26-,27-,28-,29-/m1/s1. The summed E-state index contributed by atoms with van der Waals surface area (Å²) in [5, 5.41) is 50.5. The van der Waals surface area contributed by atoms with Gasteiger partial charge in [0, 0.05) is 18.7 Å². The van der Waals surface area contributed by atoms with E-state index in [2.05, 4.69) is 15.0 Å². The molecule has 3 fully saturated rings. The summed E-state index contributed by atoms with van der Waals surface area (Å²) >= 11 is 6.62. The molecule has 0 bridgehead atoms. The summed E-state index contributed by atoms with van der Waals surface area (Å²) in [5.41, 5.74) is 5.41. The zero-order valence-corrected chi connectivity index (χ0v) is 24.3. The number of nitrogens with zero attached hydrogens (tertiary/aromatic N) is 3. The second-order valence-electron chi connectivity index (χ2n) is 11.6. The highest BCUT2D eigenvalue weighted by molar-refractivity contribution is 6.33. The lowest BCUT2D eigenvalue weighted by molar-refractivity contribution is -0.147. The van der Waals surface area contributed by atoms with Crippen molar-refractivity contribution in [2.75, 3.05) is 26.4 Å². The summed E-state index contributed by atoms with van der Waals surface area (Å²) in [7, 11) is 0. The largest absolute Gasteiger partial charge is 0.456 e. The highest BCUT2D eigenvalue weighted by atomic mass is 35.5. The Bertz CT molecular complexity index is 1620. The zero-order valence-electron chi connectivity index (χ0n) is 23.5. The summed E-state index contributed by atoms with van der Waals surface area (Å²) < 4.78 is 17.2. The van der Waals surface area contributed by atoms with Gasteiger partial charge < -0.3 is 44.7 Å². The molecule has 44 heavy (non-hydrogen) atoms. The number of nitrogens with one attached hydrogen (secondary N) is 1. The molecule has 13 heteroatoms. The van der Waals surface area contributed by atoms with Crippen LogP contribution in [0, 0.1) is 0 Å². The molecule has 232 valence electrons. The number of hydrogen-bond acceptors (Lipinski definition) is 11. The van der Waals surface area contributed by atoms with Gasteiger partial charge in [-0.05, 0) is 22.8 Å². The number of aromatic nitrogens is 3. The molecule has 6 N–H and O–H groups in total. The Kier molecular flexibility index (Phi) is 8.04. The predicted octanol–water partition coefficient (Wildman–Crippen LogP) is 1.11. The Balaban J connectivity index is 1.04. The van der Waals surface area contributed by atoms with Gasteiger partial charge in [0.15, 0.2) is 11.8 Å². The van der Waals surface area contributed by atoms with Gasteiger partial charge in [-0.2, -0.15) is 4.98 Å². The molecule has 8 atom stereocenters. The van der Waals surface area contributed by atoms with Crippen molar-refractivity contribution in [3.05, 3.63) is 65.2 Å². The second-order valence-corrected chi connectivity index (χ2v) is 12.0. The van der Waals surface area contributed by atoms with Crippen LogP contribution in [0.5, 0.6) is 6.01 Å². The number of aliphatic hydroxyl groups excluding tert-OH is 5. The van der Waals surface area contributed by atoms with Gasteiger partial charge in [-0.3, -0.25) is 4.90 Å². The summed E-state index contributed by atoms with van der Waals surface area (Å²) in [4.78, 5) is 14.1. The van der Waals surface area contributed by atoms with Crippen molar-refractivity contribution in [1.29, 1.82) is 0 Å². The topological polar surface area (TPSA) is 174 Å². The summed E-state index contributed by atoms with van der Waals surface area (Å²) in [6.07, 6.45) is -5.41. The molecule has 2 aromatic heterocycles. The van der Waals surface area contributed by atoms with E-state index in [0.717, 1.165) is 22.3 Å². The molecule has 2 aromatic carbocycles. The number of H-pyrrole nitrogens is 1. The van der Waals surface area contributed by atoms with Crippen molar-refractivity contribution >= 4 is 22.8 Å². The highest BCUT2D eigenvalue weighted by Gasteiger charge is 2.48. The van der Waals surface area contributed by atoms with Gasteiger partial charge in [-0.25, -0.2) is 4.98 Å². The first-order chi connectivity index (χ1) is 21.3. The average Bonchev–Trinajstić information content (AvgIpc) is 3.72. The molecule has 0 radical (unpaired) electrons. The first kappa shape index (κ1) is 29.5. The number of fused-ring (bicyclic) bond motifs is 2. The Morgan fingerprint density at radius 1 is 0.864 bits per heavy atom. The Morgan fingerprint density at radius 3 is 2.27 bits per heavy atom. The third-order valence-electron chi connectivity index (χ3n) is 8.70. The molecule has 7 rings (SSSR count). The maximum atomic E-state index is 10.3. The molecule has 3 saturated heterocycles. The number of hydrogen-bond donors (Lipinski definition) is 6. The van der Waals surface area contributed by atoms with E-state index >= 15 is 0 Å². The van der Waals surface area contributed by atoms with Gasteiger partial charge >= 0.3 is 0 Å². The molecular weight excluding hydrogens is 592 g/mol. The Labute approximate surface area is 257 Å². The number of pyridine rings is 1. The predicted molar refractivity (Wildman–Crippen MR) is 159 cm³/mol. The van der Waals surface area contributed by atoms with Crippen LogP contribution in [0.15, 0.2) is 54.6 Å². The number of β-amino-alcohol motifs (C(OH)–C–C–N with tert-alkyl or cyclic N) is 1. The van der Waals surface area contributed by atoms with E-state index in [0.29, 0.717) is 35.0 Å². The summed E-state index contributed by atoms with van der Waals surface area (Å²) in [6.45, 7) is 0.741. The lowest BCUT2D eigenvalue weighted by Gasteiger charge is -2.43. The smallest absolute Gasteiger partial charge is 0.296 e. The highest BCUT2D eigenvalue weighted by Crippen LogP contribution is 2.33. The van der Waals surface area contributed by atoms with Crippen LogP contribution in [0.25, 0.3) is 33.5 Å². The van der Waals surface area contributed by atoms with Gasteiger partial charge in [-0.1, -0.05) is 60.1 Å². The van der Waals surface area contributed by atoms with Crippen LogP contribution in [-0.4, -0.2) is 121 Å². The van der Waals surface area contributed by atoms with E-state index in [1.807, 2.05) is 48.5 Å². The molecule has 12 nitrogen and oxygen atoms in total. The lowest BCUT2D eigenvalue weighted by Crippen LogP contribution is -2.62. The van der Waals surface area contributed by atoms with Gasteiger partial charge in [0.25, 0.3) is 6.01 Å². The van der Waals surface area contributed by atoms with Crippen molar-refractivity contribution < 1.29 is 39.7 Å². The van der Waals surface area contributed by atoms with Crippen LogP contribution >= 0.6 is 11.6 Å². The minimum Gasteiger partial charge on any atom is -0.456 e. The molecule has 0 amide bonds. The van der Waals surface area contributed by atoms with Crippen molar-refractivity contribution in [3.63, 3.8) is 0 Å². The van der Waals surface area contributed by atoms with E-state index in [4.69, 9.17) is 25.8 Å². The number of rotatable bonds is 7. The fraction of sp³-hybridized carbons (Fsp3) is 0.419. The van der Waals surface area contributed by atoms with Gasteiger partial charge in [0.05, 0.1) is 48.2 Å². The van der Waals surface area contributed by atoms with E-state index in [-0.39, 0.29) is 31.9 Å². The molecule has 4 aromatic rings. The number of likely N-dealkylation sites (tertiary alicyclic amines) is 1. The molecular formula is C31H33ClN4O8. The minimum atomic E-state index is -1.28. The van der Waals surface area contributed by atoms with Crippen molar-refractivity contribution in [1.82, 2.24) is 19.9 Å². The molecule has 0 unspecified atom stereocenters. The van der Waals surface area contributed by atoms with E-state index in [1.165, 1.54) is 0 Å². The maximum absolute atomic E-state index is 10.3. The van der Waals surface area contributed by atoms with E-state index in [9.17, 15) is 25.5 Å². The molecule has 0 spiro atoms. The third kappa shape index (κ3) is 5.47. The monoisotopic (exact) mass is 624 g/mol. The fourth-order valence-electron chi connectivity index (χ4n) is 6.26. The van der Waals surface area contributed by atoms with Gasteiger partial charge in [-0.15, -0.1) is 0 Å². The van der Waals surface area contributed by atoms with Gasteiger partial charge in [0.2, 0.25) is 0 Å². The Hall–Kier alpha value is -3.17. The number of ether oxygens (including phenoxy) is 3. The number of halogens is 1. The average molecular weight is 625 g/mol. The molecule has 0 saturated carbocycles. The maximum Gasteiger partial charge on any atom is 0.296 e. The molecule has 3 aliphatic heterocycles. The van der Waals surface area contributed by atoms with Crippen molar-refractivity contribution in [3.8, 4) is 28.4 Å². The van der Waals surface area contributed by atoms with Gasteiger partial charge in [0.1, 0.15) is 30.5 Å². The first-order valence-electron chi connectivity index (χ1n) is 14.5. The zero-order chi connectivity index (χ0) is 30.5. The summed E-state index contributed by atoms with van der Waals surface area (Å²) in [5.74, 6) is 0. The lowest BCUT2D eigenvalue weighted by atomic mass is 9.93. The van der Waals surface area contributed by atoms with Crippen molar-refractivity contribution in [2.45, 2.75) is 55.3 Å². The van der Waals surface area contributed by atoms with Crippen LogP contribution in [0.4, 0.5) is 0 Å². The number of benzene rings is 2. The molecule has 3 aliphatic rings. The van der Waals surface area contributed by atoms with Crippen LogP contribution in [0.3, 0.4) is 0 Å². The number of piperidine rings is 1. The van der Waals surface area contributed by atoms with Crippen molar-refractivity contribution in [2.24, 2.45) is 0 Å².